The molecule has 1 unspecified atom stereocenters. The molecule has 2 nitrogen and oxygen atoms in total. The first-order valence-corrected chi connectivity index (χ1v) is 6.48. The fraction of sp³-hybridized carbons (Fsp3) is 0.467. The molecule has 0 bridgehead atoms. The molecule has 1 spiro atoms. The Balaban J connectivity index is 1.68. The molecule has 2 heteroatoms. The van der Waals surface area contributed by atoms with Crippen molar-refractivity contribution in [2.75, 3.05) is 19.8 Å². The Hall–Kier alpha value is -1.12. The van der Waals surface area contributed by atoms with Crippen LogP contribution in [-0.4, -0.2) is 30.2 Å². The van der Waals surface area contributed by atoms with Crippen LogP contribution in [0, 0.1) is 5.92 Å². The van der Waals surface area contributed by atoms with E-state index >= 15 is 0 Å². The zero-order valence-corrected chi connectivity index (χ0v) is 9.88. The molecule has 1 aromatic carbocycles. The number of nitrogens with zero attached hydrogens (tertiary/aromatic N) is 1. The van der Waals surface area contributed by atoms with Crippen molar-refractivity contribution >= 4 is 0 Å². The molecular weight excluding hydrogens is 210 g/mol. The lowest BCUT2D eigenvalue weighted by molar-refractivity contribution is 0.0281. The summed E-state index contributed by atoms with van der Waals surface area (Å²) in [5, 5.41) is 0. The van der Waals surface area contributed by atoms with Crippen LogP contribution in [0.25, 0.3) is 0 Å². The predicted molar refractivity (Wildman–Crippen MR) is 66.7 cm³/mol. The quantitative estimate of drug-likeness (QED) is 0.539. The fourth-order valence-corrected chi connectivity index (χ4v) is 3.51. The summed E-state index contributed by atoms with van der Waals surface area (Å²) in [7, 11) is 0. The summed E-state index contributed by atoms with van der Waals surface area (Å²) in [6.07, 6.45) is 5.95. The van der Waals surface area contributed by atoms with Crippen molar-refractivity contribution in [2.45, 2.75) is 18.0 Å². The van der Waals surface area contributed by atoms with Gasteiger partial charge >= 0.3 is 0 Å². The Bertz CT molecular complexity index is 455. The third-order valence-corrected chi connectivity index (χ3v) is 4.58. The minimum atomic E-state index is 0.438. The molecule has 2 fully saturated rings. The third-order valence-electron chi connectivity index (χ3n) is 4.58. The van der Waals surface area contributed by atoms with E-state index in [0.29, 0.717) is 17.5 Å². The minimum absolute atomic E-state index is 0.438. The van der Waals surface area contributed by atoms with Crippen LogP contribution in [0.5, 0.6) is 0 Å². The van der Waals surface area contributed by atoms with Gasteiger partial charge in [-0.3, -0.25) is 4.90 Å². The van der Waals surface area contributed by atoms with Gasteiger partial charge < -0.3 is 4.74 Å². The van der Waals surface area contributed by atoms with Crippen LogP contribution in [0.15, 0.2) is 42.5 Å². The largest absolute Gasteiger partial charge is 0.381 e. The molecule has 4 rings (SSSR count). The highest BCUT2D eigenvalue weighted by atomic mass is 16.5. The van der Waals surface area contributed by atoms with E-state index < -0.39 is 0 Å². The molecule has 17 heavy (non-hydrogen) atoms. The van der Waals surface area contributed by atoms with Crippen molar-refractivity contribution in [3.05, 3.63) is 48.0 Å². The molecule has 0 N–H and O–H groups in total. The molecule has 2 saturated heterocycles. The van der Waals surface area contributed by atoms with Crippen molar-refractivity contribution < 1.29 is 4.74 Å². The summed E-state index contributed by atoms with van der Waals surface area (Å²) in [4.78, 5) is 2.65. The lowest BCUT2D eigenvalue weighted by atomic mass is 9.84. The van der Waals surface area contributed by atoms with Gasteiger partial charge in [0.25, 0.3) is 0 Å². The van der Waals surface area contributed by atoms with Gasteiger partial charge in [-0.15, -0.1) is 0 Å². The van der Waals surface area contributed by atoms with E-state index in [2.05, 4.69) is 47.4 Å². The highest BCUT2D eigenvalue weighted by Crippen LogP contribution is 2.53. The van der Waals surface area contributed by atoms with E-state index in [1.165, 1.54) is 18.5 Å². The summed E-state index contributed by atoms with van der Waals surface area (Å²) in [5.41, 5.74) is 1.86. The second-order valence-electron chi connectivity index (χ2n) is 5.40. The third kappa shape index (κ3) is 1.34. The number of rotatable bonds is 1. The second-order valence-corrected chi connectivity index (χ2v) is 5.40. The van der Waals surface area contributed by atoms with Gasteiger partial charge in [-0.1, -0.05) is 42.5 Å². The van der Waals surface area contributed by atoms with Crippen LogP contribution in [0.3, 0.4) is 0 Å². The summed E-state index contributed by atoms with van der Waals surface area (Å²) in [6.45, 7) is 3.09. The van der Waals surface area contributed by atoms with E-state index in [4.69, 9.17) is 4.74 Å². The smallest absolute Gasteiger partial charge is 0.0547 e. The Morgan fingerprint density at radius 3 is 2.94 bits per heavy atom. The normalized spacial score (nSPS) is 42.7. The Morgan fingerprint density at radius 1 is 1.18 bits per heavy atom. The zero-order valence-electron chi connectivity index (χ0n) is 9.88. The highest BCUT2D eigenvalue weighted by molar-refractivity contribution is 5.33. The van der Waals surface area contributed by atoms with Crippen molar-refractivity contribution in [3.8, 4) is 0 Å². The number of ether oxygens (including phenoxy) is 1. The van der Waals surface area contributed by atoms with E-state index in [1.807, 2.05) is 0 Å². The summed E-state index contributed by atoms with van der Waals surface area (Å²) >= 11 is 0. The van der Waals surface area contributed by atoms with Gasteiger partial charge in [-0.2, -0.15) is 0 Å². The molecule has 3 aliphatic heterocycles. The molecule has 4 atom stereocenters. The first kappa shape index (κ1) is 9.86. The molecule has 0 amide bonds. The standard InChI is InChI=1S/C15H17NO/c1-2-4-12(5-3-1)14-7-6-13-10-17-9-8-15(13)11-16(14)15/h1-7,13-14H,8-11H2/t13-,14+,15+,16?/m1/s1. The maximum Gasteiger partial charge on any atom is 0.0547 e. The van der Waals surface area contributed by atoms with Crippen LogP contribution in [-0.2, 0) is 4.74 Å². The van der Waals surface area contributed by atoms with Crippen LogP contribution in [0.1, 0.15) is 18.0 Å². The fourth-order valence-electron chi connectivity index (χ4n) is 3.51. The van der Waals surface area contributed by atoms with Crippen LogP contribution in [0.4, 0.5) is 0 Å². The van der Waals surface area contributed by atoms with Gasteiger partial charge in [-0.25, -0.2) is 0 Å². The highest BCUT2D eigenvalue weighted by Gasteiger charge is 2.61. The molecule has 3 heterocycles. The van der Waals surface area contributed by atoms with Gasteiger partial charge in [0.1, 0.15) is 0 Å². The van der Waals surface area contributed by atoms with Crippen molar-refractivity contribution in [1.29, 1.82) is 0 Å². The van der Waals surface area contributed by atoms with Gasteiger partial charge in [0.05, 0.1) is 12.6 Å². The SMILES string of the molecule is C1=C[C@@H](c2ccccc2)N2C[C@]23CCOC[C@@H]13. The maximum atomic E-state index is 5.59. The maximum absolute atomic E-state index is 5.59. The molecule has 0 aliphatic carbocycles. The lowest BCUT2D eigenvalue weighted by Crippen LogP contribution is -2.40. The predicted octanol–water partition coefficient (Wildman–Crippen LogP) is 2.39. The van der Waals surface area contributed by atoms with Crippen LogP contribution < -0.4 is 0 Å². The Morgan fingerprint density at radius 2 is 2.06 bits per heavy atom. The van der Waals surface area contributed by atoms with Gasteiger partial charge in [0.2, 0.25) is 0 Å². The summed E-state index contributed by atoms with van der Waals surface area (Å²) in [5.74, 6) is 0.621. The van der Waals surface area contributed by atoms with E-state index in [1.54, 1.807) is 0 Å². The molecule has 3 aliphatic rings. The molecule has 0 saturated carbocycles. The molecule has 88 valence electrons. The zero-order chi connectivity index (χ0) is 11.3. The number of hydrogen-bond donors (Lipinski definition) is 0. The molecule has 0 radical (unpaired) electrons. The Kier molecular flexibility index (Phi) is 1.99. The first-order valence-electron chi connectivity index (χ1n) is 6.48. The minimum Gasteiger partial charge on any atom is -0.381 e. The summed E-state index contributed by atoms with van der Waals surface area (Å²) in [6, 6.07) is 11.3. The first-order chi connectivity index (χ1) is 8.40. The van der Waals surface area contributed by atoms with Gasteiger partial charge in [0, 0.05) is 24.6 Å². The van der Waals surface area contributed by atoms with Crippen molar-refractivity contribution in [3.63, 3.8) is 0 Å². The molecular formula is C15H17NO. The number of hydrogen-bond acceptors (Lipinski definition) is 2. The molecule has 0 aromatic heterocycles. The topological polar surface area (TPSA) is 12.2 Å². The lowest BCUT2D eigenvalue weighted by Gasteiger charge is -2.36. The summed E-state index contributed by atoms with van der Waals surface area (Å²) < 4.78 is 5.59. The average molecular weight is 227 g/mol. The van der Waals surface area contributed by atoms with Crippen molar-refractivity contribution in [2.24, 2.45) is 5.92 Å². The Labute approximate surface area is 102 Å². The average Bonchev–Trinajstić information content (AvgIpc) is 3.12. The van der Waals surface area contributed by atoms with Crippen molar-refractivity contribution in [1.82, 2.24) is 4.90 Å². The van der Waals surface area contributed by atoms with E-state index in [0.717, 1.165) is 13.2 Å². The monoisotopic (exact) mass is 227 g/mol. The number of benzene rings is 1. The van der Waals surface area contributed by atoms with E-state index in [-0.39, 0.29) is 0 Å². The van der Waals surface area contributed by atoms with Gasteiger partial charge in [-0.05, 0) is 12.0 Å². The van der Waals surface area contributed by atoms with Crippen LogP contribution >= 0.6 is 0 Å². The second kappa shape index (κ2) is 3.44. The van der Waals surface area contributed by atoms with Gasteiger partial charge in [0.15, 0.2) is 0 Å². The molecule has 1 aromatic rings. The van der Waals surface area contributed by atoms with Crippen LogP contribution in [0.2, 0.25) is 0 Å². The van der Waals surface area contributed by atoms with E-state index in [9.17, 15) is 0 Å².